The number of carboxylic acids is 2. The zero-order chi connectivity index (χ0) is 10.9. The van der Waals surface area contributed by atoms with E-state index >= 15 is 0 Å². The van der Waals surface area contributed by atoms with Crippen molar-refractivity contribution < 1.29 is 24.5 Å². The predicted octanol–water partition coefficient (Wildman–Crippen LogP) is 0.0248. The summed E-state index contributed by atoms with van der Waals surface area (Å²) in [5.41, 5.74) is -0.891. The van der Waals surface area contributed by atoms with Crippen molar-refractivity contribution in [2.45, 2.75) is 6.92 Å². The normalized spacial score (nSPS) is 9.79. The lowest BCUT2D eigenvalue weighted by Gasteiger charge is -2.04. The lowest BCUT2D eigenvalue weighted by atomic mass is 10.1. The molecular formula is C8H7NO5. The molecule has 1 aromatic heterocycles. The smallest absolute Gasteiger partial charge is 0.403 e. The molecule has 6 heteroatoms. The highest BCUT2D eigenvalue weighted by atomic mass is 16.5. The van der Waals surface area contributed by atoms with Crippen LogP contribution in [0.25, 0.3) is 0 Å². The molecule has 0 spiro atoms. The minimum absolute atomic E-state index is 0.0428. The molecule has 0 radical (unpaired) electrons. The second kappa shape index (κ2) is 3.33. The Morgan fingerprint density at radius 3 is 2.36 bits per heavy atom. The van der Waals surface area contributed by atoms with Crippen LogP contribution >= 0.6 is 0 Å². The van der Waals surface area contributed by atoms with Crippen LogP contribution < -0.4 is 4.73 Å². The zero-order valence-electron chi connectivity index (χ0n) is 7.22. The highest BCUT2D eigenvalue weighted by molar-refractivity contribution is 5.99. The maximum absolute atomic E-state index is 11.1. The van der Waals surface area contributed by atoms with Crippen molar-refractivity contribution in [1.82, 2.24) is 0 Å². The van der Waals surface area contributed by atoms with Gasteiger partial charge in [0.15, 0.2) is 6.20 Å². The van der Waals surface area contributed by atoms with Crippen LogP contribution in [-0.4, -0.2) is 22.2 Å². The summed E-state index contributed by atoms with van der Waals surface area (Å²) < 4.78 is 0.0428. The third kappa shape index (κ3) is 1.63. The van der Waals surface area contributed by atoms with Crippen molar-refractivity contribution >= 4 is 11.9 Å². The summed E-state index contributed by atoms with van der Waals surface area (Å²) in [5.74, 6) is -2.99. The summed E-state index contributed by atoms with van der Waals surface area (Å²) in [6.45, 7) is 1.51. The summed E-state index contributed by atoms with van der Waals surface area (Å²) in [7, 11) is 0. The lowest BCUT2D eigenvalue weighted by Crippen LogP contribution is -2.37. The quantitative estimate of drug-likeness (QED) is 0.514. The van der Waals surface area contributed by atoms with Crippen molar-refractivity contribution in [3.05, 3.63) is 34.3 Å². The Morgan fingerprint density at radius 2 is 1.93 bits per heavy atom. The van der Waals surface area contributed by atoms with Crippen LogP contribution in [0.15, 0.2) is 12.3 Å². The fourth-order valence-electron chi connectivity index (χ4n) is 1.07. The SMILES string of the molecule is Cc1cc(C(=O)O)c(C(=O)O)[n+]([O-])c1. The summed E-state index contributed by atoms with van der Waals surface area (Å²) in [4.78, 5) is 21.2. The molecule has 0 unspecified atom stereocenters. The summed E-state index contributed by atoms with van der Waals surface area (Å²) in [5, 5.41) is 28.3. The van der Waals surface area contributed by atoms with Crippen molar-refractivity contribution in [3.8, 4) is 0 Å². The van der Waals surface area contributed by atoms with E-state index in [-0.39, 0.29) is 4.73 Å². The molecule has 0 aliphatic rings. The number of carboxylic acid groups (broad SMARTS) is 2. The van der Waals surface area contributed by atoms with Gasteiger partial charge in [-0.15, -0.1) is 0 Å². The Hall–Kier alpha value is -2.11. The van der Waals surface area contributed by atoms with E-state index in [1.165, 1.54) is 6.92 Å². The number of pyridine rings is 1. The van der Waals surface area contributed by atoms with Gasteiger partial charge in [-0.3, -0.25) is 0 Å². The van der Waals surface area contributed by atoms with Gasteiger partial charge < -0.3 is 15.4 Å². The molecule has 2 N–H and O–H groups in total. The summed E-state index contributed by atoms with van der Waals surface area (Å²) in [6, 6.07) is 1.14. The van der Waals surface area contributed by atoms with Gasteiger partial charge >= 0.3 is 17.6 Å². The van der Waals surface area contributed by atoms with Crippen LogP contribution in [0.4, 0.5) is 0 Å². The number of hydrogen-bond donors (Lipinski definition) is 2. The standard InChI is InChI=1S/C8H7NO5/c1-4-2-5(7(10)11)6(8(12)13)9(14)3-4/h2-3H,1H3,(H,10,11)(H,12,13). The molecule has 0 aromatic carbocycles. The number of aromatic nitrogens is 1. The molecular weight excluding hydrogens is 190 g/mol. The molecule has 14 heavy (non-hydrogen) atoms. The van der Waals surface area contributed by atoms with Gasteiger partial charge in [-0.25, -0.2) is 9.59 Å². The first-order valence-corrected chi connectivity index (χ1v) is 3.64. The van der Waals surface area contributed by atoms with Crippen molar-refractivity contribution in [2.75, 3.05) is 0 Å². The Balaban J connectivity index is 3.52. The Kier molecular flexibility index (Phi) is 2.37. The number of hydrogen-bond acceptors (Lipinski definition) is 3. The number of aromatic carboxylic acids is 2. The van der Waals surface area contributed by atoms with Crippen molar-refractivity contribution in [3.63, 3.8) is 0 Å². The van der Waals surface area contributed by atoms with E-state index in [1.54, 1.807) is 0 Å². The van der Waals surface area contributed by atoms with Crippen LogP contribution in [0.1, 0.15) is 26.4 Å². The Labute approximate surface area is 78.6 Å². The van der Waals surface area contributed by atoms with Gasteiger partial charge in [0.1, 0.15) is 5.56 Å². The lowest BCUT2D eigenvalue weighted by molar-refractivity contribution is -0.608. The molecule has 0 aliphatic carbocycles. The van der Waals surface area contributed by atoms with Gasteiger partial charge in [-0.2, -0.15) is 4.73 Å². The fourth-order valence-corrected chi connectivity index (χ4v) is 1.07. The number of aryl methyl sites for hydroxylation is 1. The van der Waals surface area contributed by atoms with Gasteiger partial charge in [0.25, 0.3) is 0 Å². The fraction of sp³-hybridized carbons (Fsp3) is 0.125. The van der Waals surface area contributed by atoms with Crippen molar-refractivity contribution in [2.24, 2.45) is 0 Å². The highest BCUT2D eigenvalue weighted by Gasteiger charge is 2.25. The highest BCUT2D eigenvalue weighted by Crippen LogP contribution is 2.06. The topological polar surface area (TPSA) is 102 Å². The zero-order valence-corrected chi connectivity index (χ0v) is 7.22. The Morgan fingerprint density at radius 1 is 1.36 bits per heavy atom. The van der Waals surface area contributed by atoms with Crippen LogP contribution in [0.3, 0.4) is 0 Å². The van der Waals surface area contributed by atoms with Gasteiger partial charge in [0, 0.05) is 5.56 Å². The first kappa shape index (κ1) is 9.97. The Bertz CT molecular complexity index is 412. The molecule has 0 fully saturated rings. The van der Waals surface area contributed by atoms with Crippen LogP contribution in [0, 0.1) is 12.1 Å². The average Bonchev–Trinajstić information content (AvgIpc) is 2.01. The van der Waals surface area contributed by atoms with E-state index in [4.69, 9.17) is 10.2 Å². The summed E-state index contributed by atoms with van der Waals surface area (Å²) >= 11 is 0. The molecule has 0 bridgehead atoms. The third-order valence-corrected chi connectivity index (χ3v) is 1.60. The van der Waals surface area contributed by atoms with Crippen LogP contribution in [-0.2, 0) is 0 Å². The van der Waals surface area contributed by atoms with Crippen LogP contribution in [0.2, 0.25) is 0 Å². The molecule has 0 saturated carbocycles. The molecule has 6 nitrogen and oxygen atoms in total. The molecule has 1 aromatic rings. The second-order valence-electron chi connectivity index (χ2n) is 2.72. The van der Waals surface area contributed by atoms with Gasteiger partial charge in [0.05, 0.1) is 0 Å². The van der Waals surface area contributed by atoms with E-state index in [1.807, 2.05) is 0 Å². The van der Waals surface area contributed by atoms with E-state index in [0.29, 0.717) is 5.56 Å². The number of nitrogens with zero attached hydrogens (tertiary/aromatic N) is 1. The molecule has 0 aliphatic heterocycles. The number of carbonyl (C=O) groups is 2. The number of rotatable bonds is 2. The first-order chi connectivity index (χ1) is 6.43. The minimum Gasteiger partial charge on any atom is -0.618 e. The molecule has 1 rings (SSSR count). The molecule has 1 heterocycles. The van der Waals surface area contributed by atoms with Gasteiger partial charge in [0.2, 0.25) is 0 Å². The van der Waals surface area contributed by atoms with Crippen LogP contribution in [0.5, 0.6) is 0 Å². The predicted molar refractivity (Wildman–Crippen MR) is 44.1 cm³/mol. The maximum Gasteiger partial charge on any atom is 0.403 e. The van der Waals surface area contributed by atoms with Gasteiger partial charge in [-0.05, 0) is 13.0 Å². The average molecular weight is 197 g/mol. The van der Waals surface area contributed by atoms with E-state index < -0.39 is 23.2 Å². The van der Waals surface area contributed by atoms with Gasteiger partial charge in [-0.1, -0.05) is 0 Å². The first-order valence-electron chi connectivity index (χ1n) is 3.64. The minimum atomic E-state index is -1.56. The molecule has 0 saturated heterocycles. The second-order valence-corrected chi connectivity index (χ2v) is 2.72. The van der Waals surface area contributed by atoms with E-state index in [9.17, 15) is 14.8 Å². The largest absolute Gasteiger partial charge is 0.618 e. The van der Waals surface area contributed by atoms with E-state index in [2.05, 4.69) is 0 Å². The monoisotopic (exact) mass is 197 g/mol. The molecule has 0 amide bonds. The maximum atomic E-state index is 11.1. The third-order valence-electron chi connectivity index (χ3n) is 1.60. The summed E-state index contributed by atoms with van der Waals surface area (Å²) in [6.07, 6.45) is 1.01. The van der Waals surface area contributed by atoms with E-state index in [0.717, 1.165) is 12.3 Å². The molecule has 0 atom stereocenters. The van der Waals surface area contributed by atoms with Crippen molar-refractivity contribution in [1.29, 1.82) is 0 Å². The molecule has 74 valence electrons.